The molecule has 0 heterocycles. The maximum Gasteiger partial charge on any atom is 0.408 e. The van der Waals surface area contributed by atoms with E-state index < -0.39 is 53.3 Å². The molecule has 0 aliphatic heterocycles. The van der Waals surface area contributed by atoms with Gasteiger partial charge < -0.3 is 20.5 Å². The third-order valence-corrected chi connectivity index (χ3v) is 9.31. The van der Waals surface area contributed by atoms with Gasteiger partial charge in [0.2, 0.25) is 5.91 Å². The first-order valence-electron chi connectivity index (χ1n) is 16.0. The van der Waals surface area contributed by atoms with Crippen LogP contribution < -0.4 is 10.6 Å². The lowest BCUT2D eigenvalue weighted by Gasteiger charge is -2.22. The van der Waals surface area contributed by atoms with Crippen molar-refractivity contribution in [1.29, 1.82) is 0 Å². The number of carboxylic acid groups (broad SMARTS) is 1. The number of halogens is 4. The number of rotatable bonds is 16. The van der Waals surface area contributed by atoms with Crippen LogP contribution in [-0.4, -0.2) is 52.4 Å². The van der Waals surface area contributed by atoms with Gasteiger partial charge in [0.15, 0.2) is 5.78 Å². The van der Waals surface area contributed by atoms with E-state index >= 15 is 0 Å². The van der Waals surface area contributed by atoms with E-state index in [0.29, 0.717) is 6.42 Å². The number of alkyl carbamates (subject to hydrolysis) is 1. The second-order valence-corrected chi connectivity index (χ2v) is 13.7. The molecule has 2 atom stereocenters. The molecule has 0 aliphatic carbocycles. The Bertz CT molecular complexity index is 1690. The van der Waals surface area contributed by atoms with Crippen molar-refractivity contribution in [1.82, 2.24) is 10.6 Å². The molecule has 0 saturated carbocycles. The van der Waals surface area contributed by atoms with Crippen LogP contribution in [0, 0.1) is 29.2 Å². The molecule has 4 rings (SSSR count). The van der Waals surface area contributed by atoms with Crippen molar-refractivity contribution in [2.24, 2.45) is 5.92 Å². The summed E-state index contributed by atoms with van der Waals surface area (Å²) in [5.74, 6) is -5.30. The number of hydrogen-bond donors (Lipinski definition) is 3. The Balaban J connectivity index is 0.000000294. The largest absolute Gasteiger partial charge is 0.480 e. The molecule has 0 radical (unpaired) electrons. The molecule has 0 saturated heterocycles. The van der Waals surface area contributed by atoms with Gasteiger partial charge in [0.25, 0.3) is 0 Å². The summed E-state index contributed by atoms with van der Waals surface area (Å²) in [4.78, 5) is 47.8. The predicted octanol–water partition coefficient (Wildman–Crippen LogP) is 7.84. The lowest BCUT2D eigenvalue weighted by atomic mass is 10.0. The summed E-state index contributed by atoms with van der Waals surface area (Å²) < 4.78 is 58.7. The van der Waals surface area contributed by atoms with Crippen LogP contribution in [0.1, 0.15) is 31.4 Å². The van der Waals surface area contributed by atoms with E-state index in [1.807, 2.05) is 62.4 Å². The van der Waals surface area contributed by atoms with Crippen molar-refractivity contribution in [3.05, 3.63) is 131 Å². The molecule has 0 aliphatic rings. The minimum atomic E-state index is -1.14. The zero-order chi connectivity index (χ0) is 38.0. The molecule has 4 aromatic carbocycles. The Morgan fingerprint density at radius 1 is 0.654 bits per heavy atom. The molecule has 2 amide bonds. The Labute approximate surface area is 307 Å². The molecular weight excluding hydrogens is 721 g/mol. The van der Waals surface area contributed by atoms with E-state index in [0.717, 1.165) is 58.9 Å². The minimum absolute atomic E-state index is 0.0778. The van der Waals surface area contributed by atoms with Crippen molar-refractivity contribution < 1.29 is 46.6 Å². The number of carbonyl (C=O) groups excluding carboxylic acids is 3. The highest BCUT2D eigenvalue weighted by atomic mass is 32.2. The molecule has 8 nitrogen and oxygen atoms in total. The van der Waals surface area contributed by atoms with E-state index in [9.17, 15) is 41.8 Å². The number of ether oxygens (including phenoxy) is 1. The smallest absolute Gasteiger partial charge is 0.408 e. The van der Waals surface area contributed by atoms with Crippen LogP contribution in [0.15, 0.2) is 107 Å². The number of carboxylic acids is 1. The topological polar surface area (TPSA) is 122 Å². The van der Waals surface area contributed by atoms with Gasteiger partial charge in [0.05, 0.1) is 21.3 Å². The van der Waals surface area contributed by atoms with Crippen molar-refractivity contribution in [2.45, 2.75) is 55.2 Å². The zero-order valence-corrected chi connectivity index (χ0v) is 30.0. The summed E-state index contributed by atoms with van der Waals surface area (Å²) in [6.07, 6.45) is -0.229. The van der Waals surface area contributed by atoms with Crippen LogP contribution in [0.25, 0.3) is 0 Å². The third kappa shape index (κ3) is 14.4. The van der Waals surface area contributed by atoms with Crippen molar-refractivity contribution in [3.63, 3.8) is 0 Å². The van der Waals surface area contributed by atoms with Gasteiger partial charge in [-0.1, -0.05) is 86.6 Å². The highest BCUT2D eigenvalue weighted by Crippen LogP contribution is 2.28. The SMILES string of the molecule is CC(C)C[C@H](NC(=O)OCc1ccccc1)C(=O)N[C@@H](Cc1ccccc1)C(=O)O.O=C(CSc1c(F)cccc1F)CSc1c(F)cccc1F. The quantitative estimate of drug-likeness (QED) is 0.0781. The van der Waals surface area contributed by atoms with Gasteiger partial charge in [-0.2, -0.15) is 0 Å². The van der Waals surface area contributed by atoms with Crippen LogP contribution in [0.5, 0.6) is 0 Å². The molecule has 0 fully saturated rings. The monoisotopic (exact) mass is 758 g/mol. The molecular formula is C38H38F4N2O6S2. The molecule has 276 valence electrons. The minimum Gasteiger partial charge on any atom is -0.480 e. The standard InChI is InChI=1S/C23H28N2O5.C15H10F4OS2/c1-16(2)13-19(25-23(29)30-15-18-11-7-4-8-12-18)21(26)24-20(22(27)28)14-17-9-5-3-6-10-17;16-10-3-1-4-11(17)14(10)21-7-9(20)8-22-15-12(18)5-2-6-13(15)19/h3-12,16,19-20H,13-15H2,1-2H3,(H,24,26)(H,25,29)(H,27,28);1-6H,7-8H2/t19-,20-;/m0./s1. The average molecular weight is 759 g/mol. The van der Waals surface area contributed by atoms with Gasteiger partial charge in [0.1, 0.15) is 42.0 Å². The van der Waals surface area contributed by atoms with Gasteiger partial charge in [-0.05, 0) is 47.7 Å². The lowest BCUT2D eigenvalue weighted by Crippen LogP contribution is -2.52. The summed E-state index contributed by atoms with van der Waals surface area (Å²) in [7, 11) is 0. The Morgan fingerprint density at radius 3 is 1.56 bits per heavy atom. The predicted molar refractivity (Wildman–Crippen MR) is 192 cm³/mol. The molecule has 0 bridgehead atoms. The molecule has 3 N–H and O–H groups in total. The normalized spacial score (nSPS) is 11.8. The highest BCUT2D eigenvalue weighted by molar-refractivity contribution is 8.01. The second-order valence-electron chi connectivity index (χ2n) is 11.7. The van der Waals surface area contributed by atoms with Crippen molar-refractivity contribution in [3.8, 4) is 0 Å². The van der Waals surface area contributed by atoms with Crippen LogP contribution in [0.2, 0.25) is 0 Å². The number of hydrogen-bond acceptors (Lipinski definition) is 7. The Morgan fingerprint density at radius 2 is 1.12 bits per heavy atom. The summed E-state index contributed by atoms with van der Waals surface area (Å²) in [5, 5.41) is 14.6. The highest BCUT2D eigenvalue weighted by Gasteiger charge is 2.28. The second kappa shape index (κ2) is 21.5. The van der Waals surface area contributed by atoms with Gasteiger partial charge in [0, 0.05) is 6.42 Å². The summed E-state index contributed by atoms with van der Waals surface area (Å²) >= 11 is 1.45. The average Bonchev–Trinajstić information content (AvgIpc) is 3.10. The van der Waals surface area contributed by atoms with Gasteiger partial charge in [-0.25, -0.2) is 27.2 Å². The lowest BCUT2D eigenvalue weighted by molar-refractivity contribution is -0.142. The first-order chi connectivity index (χ1) is 24.8. The molecule has 14 heteroatoms. The number of ketones is 1. The van der Waals surface area contributed by atoms with Crippen LogP contribution in [0.4, 0.5) is 22.4 Å². The number of aliphatic carboxylic acids is 1. The fourth-order valence-electron chi connectivity index (χ4n) is 4.52. The van der Waals surface area contributed by atoms with E-state index in [-0.39, 0.29) is 46.0 Å². The fourth-order valence-corrected chi connectivity index (χ4v) is 6.29. The number of benzene rings is 4. The molecule has 0 aromatic heterocycles. The third-order valence-electron chi connectivity index (χ3n) is 7.02. The Kier molecular flexibility index (Phi) is 17.2. The van der Waals surface area contributed by atoms with Gasteiger partial charge in [-0.15, -0.1) is 23.5 Å². The number of carbonyl (C=O) groups is 4. The summed E-state index contributed by atoms with van der Waals surface area (Å²) in [6.45, 7) is 3.90. The van der Waals surface area contributed by atoms with Gasteiger partial charge in [-0.3, -0.25) is 9.59 Å². The molecule has 4 aromatic rings. The van der Waals surface area contributed by atoms with Crippen LogP contribution >= 0.6 is 23.5 Å². The summed E-state index contributed by atoms with van der Waals surface area (Å²) in [6, 6.07) is 23.1. The van der Waals surface area contributed by atoms with E-state index in [2.05, 4.69) is 10.6 Å². The summed E-state index contributed by atoms with van der Waals surface area (Å²) in [5.41, 5.74) is 1.62. The molecule has 0 spiro atoms. The molecule has 0 unspecified atom stereocenters. The van der Waals surface area contributed by atoms with E-state index in [1.165, 1.54) is 12.1 Å². The fraction of sp³-hybridized carbons (Fsp3) is 0.263. The zero-order valence-electron chi connectivity index (χ0n) is 28.3. The first-order valence-corrected chi connectivity index (χ1v) is 18.0. The Hall–Kier alpha value is -4.82. The van der Waals surface area contributed by atoms with Gasteiger partial charge >= 0.3 is 12.1 Å². The van der Waals surface area contributed by atoms with E-state index in [4.69, 9.17) is 4.74 Å². The number of amides is 2. The van der Waals surface area contributed by atoms with Crippen molar-refractivity contribution in [2.75, 3.05) is 11.5 Å². The first kappa shape index (κ1) is 41.6. The number of Topliss-reactive ketones (excluding diaryl/α,β-unsaturated/α-hetero) is 1. The van der Waals surface area contributed by atoms with Crippen LogP contribution in [-0.2, 0) is 32.1 Å². The van der Waals surface area contributed by atoms with Crippen molar-refractivity contribution >= 4 is 47.3 Å². The number of nitrogens with one attached hydrogen (secondary N) is 2. The maximum atomic E-state index is 13.4. The van der Waals surface area contributed by atoms with E-state index in [1.54, 1.807) is 12.1 Å². The van der Waals surface area contributed by atoms with Crippen LogP contribution in [0.3, 0.4) is 0 Å². The maximum absolute atomic E-state index is 13.4. The number of thioether (sulfide) groups is 2. The molecule has 52 heavy (non-hydrogen) atoms.